The molecule has 16 heavy (non-hydrogen) atoms. The molecule has 0 spiro atoms. The molecular formula is C7H5ClFNO5S. The second-order valence-electron chi connectivity index (χ2n) is 2.77. The molecule has 0 aliphatic heterocycles. The van der Waals surface area contributed by atoms with Crippen molar-refractivity contribution in [1.82, 2.24) is 4.98 Å². The highest BCUT2D eigenvalue weighted by Crippen LogP contribution is 2.20. The fraction of sp³-hybridized carbons (Fsp3) is 0. The molecule has 0 radical (unpaired) electrons. The molecule has 9 heteroatoms. The smallest absolute Gasteiger partial charge is 0.408 e. The van der Waals surface area contributed by atoms with Crippen molar-refractivity contribution >= 4 is 33.6 Å². The SMILES string of the molecule is Cl.O=c1[nH]c2cc(F)c(S(=O)(=O)O)cc2o1. The lowest BCUT2D eigenvalue weighted by molar-refractivity contribution is 0.473. The molecule has 1 aromatic carbocycles. The summed E-state index contributed by atoms with van der Waals surface area (Å²) in [6, 6.07) is 1.49. The Bertz CT molecular complexity index is 688. The topological polar surface area (TPSA) is 100 Å². The number of nitrogens with one attached hydrogen (secondary N) is 1. The summed E-state index contributed by atoms with van der Waals surface area (Å²) in [6.45, 7) is 0. The average molecular weight is 270 g/mol. The van der Waals surface area contributed by atoms with Gasteiger partial charge in [0.15, 0.2) is 5.58 Å². The van der Waals surface area contributed by atoms with Gasteiger partial charge in [-0.15, -0.1) is 12.4 Å². The van der Waals surface area contributed by atoms with E-state index in [1.165, 1.54) is 0 Å². The Morgan fingerprint density at radius 1 is 1.38 bits per heavy atom. The van der Waals surface area contributed by atoms with Crippen LogP contribution in [0.3, 0.4) is 0 Å². The van der Waals surface area contributed by atoms with Crippen LogP contribution < -0.4 is 5.76 Å². The number of H-pyrrole nitrogens is 1. The average Bonchev–Trinajstić information content (AvgIpc) is 2.40. The van der Waals surface area contributed by atoms with E-state index in [2.05, 4.69) is 9.40 Å². The van der Waals surface area contributed by atoms with Crippen molar-refractivity contribution in [2.45, 2.75) is 4.90 Å². The summed E-state index contributed by atoms with van der Waals surface area (Å²) in [5.41, 5.74) is -0.126. The molecule has 0 bridgehead atoms. The van der Waals surface area contributed by atoms with Crippen LogP contribution >= 0.6 is 12.4 Å². The molecule has 1 heterocycles. The molecule has 0 saturated carbocycles. The molecule has 0 amide bonds. The van der Waals surface area contributed by atoms with Crippen molar-refractivity contribution in [1.29, 1.82) is 0 Å². The maximum absolute atomic E-state index is 13.1. The van der Waals surface area contributed by atoms with Crippen LogP contribution in [0.25, 0.3) is 11.1 Å². The van der Waals surface area contributed by atoms with E-state index in [-0.39, 0.29) is 23.5 Å². The van der Waals surface area contributed by atoms with E-state index < -0.39 is 26.6 Å². The van der Waals surface area contributed by atoms with E-state index in [0.29, 0.717) is 0 Å². The van der Waals surface area contributed by atoms with Gasteiger partial charge in [-0.2, -0.15) is 8.42 Å². The van der Waals surface area contributed by atoms with Crippen LogP contribution in [0.15, 0.2) is 26.2 Å². The predicted octanol–water partition coefficient (Wildman–Crippen LogP) is 0.929. The summed E-state index contributed by atoms with van der Waals surface area (Å²) in [5.74, 6) is -2.00. The fourth-order valence-electron chi connectivity index (χ4n) is 1.15. The van der Waals surface area contributed by atoms with Crippen molar-refractivity contribution < 1.29 is 21.8 Å². The molecule has 0 atom stereocenters. The molecule has 0 saturated heterocycles. The lowest BCUT2D eigenvalue weighted by atomic mass is 10.3. The minimum atomic E-state index is -4.67. The van der Waals surface area contributed by atoms with E-state index in [4.69, 9.17) is 4.55 Å². The largest absolute Gasteiger partial charge is 0.417 e. The molecule has 0 aliphatic rings. The van der Waals surface area contributed by atoms with Crippen LogP contribution in [-0.4, -0.2) is 18.0 Å². The summed E-state index contributed by atoms with van der Waals surface area (Å²) in [5, 5.41) is 0. The van der Waals surface area contributed by atoms with Gasteiger partial charge in [-0.25, -0.2) is 9.18 Å². The first kappa shape index (κ1) is 12.7. The molecule has 0 unspecified atom stereocenters. The van der Waals surface area contributed by atoms with Gasteiger partial charge in [0.05, 0.1) is 5.52 Å². The number of aromatic nitrogens is 1. The van der Waals surface area contributed by atoms with Gasteiger partial charge in [0, 0.05) is 12.1 Å². The monoisotopic (exact) mass is 269 g/mol. The maximum Gasteiger partial charge on any atom is 0.417 e. The van der Waals surface area contributed by atoms with Crippen molar-refractivity contribution in [3.05, 3.63) is 28.5 Å². The number of oxazole rings is 1. The van der Waals surface area contributed by atoms with Crippen LogP contribution in [0.4, 0.5) is 4.39 Å². The van der Waals surface area contributed by atoms with Crippen LogP contribution in [-0.2, 0) is 10.1 Å². The molecule has 6 nitrogen and oxygen atoms in total. The number of fused-ring (bicyclic) bond motifs is 1. The molecule has 0 fully saturated rings. The Morgan fingerprint density at radius 2 is 2.00 bits per heavy atom. The summed E-state index contributed by atoms with van der Waals surface area (Å²) >= 11 is 0. The third-order valence-electron chi connectivity index (χ3n) is 1.75. The van der Waals surface area contributed by atoms with Gasteiger partial charge in [0.2, 0.25) is 0 Å². The van der Waals surface area contributed by atoms with Crippen molar-refractivity contribution in [3.8, 4) is 0 Å². The number of halogens is 2. The molecule has 2 aromatic rings. The van der Waals surface area contributed by atoms with Gasteiger partial charge in [-0.1, -0.05) is 0 Å². The Kier molecular flexibility index (Phi) is 3.08. The van der Waals surface area contributed by atoms with Gasteiger partial charge < -0.3 is 4.42 Å². The Hall–Kier alpha value is -1.38. The van der Waals surface area contributed by atoms with Gasteiger partial charge in [0.25, 0.3) is 10.1 Å². The highest BCUT2D eigenvalue weighted by atomic mass is 35.5. The third kappa shape index (κ3) is 2.08. The molecule has 2 rings (SSSR count). The van der Waals surface area contributed by atoms with Crippen molar-refractivity contribution in [2.75, 3.05) is 0 Å². The predicted molar refractivity (Wildman–Crippen MR) is 53.9 cm³/mol. The van der Waals surface area contributed by atoms with Crippen LogP contribution in [0.5, 0.6) is 0 Å². The zero-order chi connectivity index (χ0) is 11.2. The molecule has 88 valence electrons. The minimum absolute atomic E-state index is 0. The maximum atomic E-state index is 13.1. The van der Waals surface area contributed by atoms with E-state index in [9.17, 15) is 17.6 Å². The van der Waals surface area contributed by atoms with E-state index in [1.807, 2.05) is 0 Å². The molecule has 2 N–H and O–H groups in total. The number of benzene rings is 1. The van der Waals surface area contributed by atoms with E-state index in [1.54, 1.807) is 0 Å². The van der Waals surface area contributed by atoms with Gasteiger partial charge in [-0.05, 0) is 0 Å². The number of rotatable bonds is 1. The van der Waals surface area contributed by atoms with Gasteiger partial charge >= 0.3 is 5.76 Å². The van der Waals surface area contributed by atoms with Crippen LogP contribution in [0.1, 0.15) is 0 Å². The number of aromatic amines is 1. The zero-order valence-corrected chi connectivity index (χ0v) is 9.06. The normalized spacial score (nSPS) is 11.4. The Labute approximate surface area is 94.2 Å². The van der Waals surface area contributed by atoms with E-state index >= 15 is 0 Å². The minimum Gasteiger partial charge on any atom is -0.408 e. The van der Waals surface area contributed by atoms with Crippen LogP contribution in [0, 0.1) is 5.82 Å². The highest BCUT2D eigenvalue weighted by Gasteiger charge is 2.18. The van der Waals surface area contributed by atoms with Gasteiger partial charge in [-0.3, -0.25) is 9.54 Å². The molecular weight excluding hydrogens is 265 g/mol. The van der Waals surface area contributed by atoms with Gasteiger partial charge in [0.1, 0.15) is 10.7 Å². The summed E-state index contributed by atoms with van der Waals surface area (Å²) in [7, 11) is -4.67. The first-order valence-electron chi connectivity index (χ1n) is 3.68. The number of hydrogen-bond donors (Lipinski definition) is 2. The first-order valence-corrected chi connectivity index (χ1v) is 5.12. The lowest BCUT2D eigenvalue weighted by Crippen LogP contribution is -2.01. The first-order chi connectivity index (χ1) is 6.88. The quantitative estimate of drug-likeness (QED) is 0.750. The highest BCUT2D eigenvalue weighted by molar-refractivity contribution is 7.85. The molecule has 1 aromatic heterocycles. The zero-order valence-electron chi connectivity index (χ0n) is 7.43. The van der Waals surface area contributed by atoms with Crippen LogP contribution in [0.2, 0.25) is 0 Å². The second-order valence-corrected chi connectivity index (χ2v) is 4.16. The van der Waals surface area contributed by atoms with E-state index in [0.717, 1.165) is 12.1 Å². The Morgan fingerprint density at radius 3 is 2.56 bits per heavy atom. The lowest BCUT2D eigenvalue weighted by Gasteiger charge is -1.97. The molecule has 0 aliphatic carbocycles. The number of hydrogen-bond acceptors (Lipinski definition) is 4. The third-order valence-corrected chi connectivity index (χ3v) is 2.62. The van der Waals surface area contributed by atoms with Crippen molar-refractivity contribution in [2.24, 2.45) is 0 Å². The Balaban J connectivity index is 0.00000128. The van der Waals surface area contributed by atoms with Crippen molar-refractivity contribution in [3.63, 3.8) is 0 Å². The summed E-state index contributed by atoms with van der Waals surface area (Å²) in [6.07, 6.45) is 0. The summed E-state index contributed by atoms with van der Waals surface area (Å²) in [4.78, 5) is 11.9. The fourth-order valence-corrected chi connectivity index (χ4v) is 1.71. The standard InChI is InChI=1S/C7H4FNO5S.ClH/c8-3-1-4-5(14-7(10)9-4)2-6(3)15(11,12)13;/h1-2H,(H,9,10)(H,11,12,13);1H. The second kappa shape index (κ2) is 3.89. The summed E-state index contributed by atoms with van der Waals surface area (Å²) < 4.78 is 47.6.